The smallest absolute Gasteiger partial charge is 0.277 e. The third kappa shape index (κ3) is 0.790. The molecule has 1 aliphatic carbocycles. The number of fused-ring (bicyclic) bond motifs is 1. The molecule has 1 aromatic rings. The molecule has 0 unspecified atom stereocenters. The van der Waals surface area contributed by atoms with Crippen molar-refractivity contribution in [1.29, 1.82) is 0 Å². The average molecular weight is 172 g/mol. The van der Waals surface area contributed by atoms with Crippen molar-refractivity contribution in [3.8, 4) is 0 Å². The summed E-state index contributed by atoms with van der Waals surface area (Å²) in [5.41, 5.74) is 0.0205. The molecule has 1 aliphatic rings. The molecule has 0 amide bonds. The van der Waals surface area contributed by atoms with Crippen molar-refractivity contribution < 1.29 is 13.6 Å². The summed E-state index contributed by atoms with van der Waals surface area (Å²) in [6, 6.07) is 0. The van der Waals surface area contributed by atoms with Crippen LogP contribution in [0, 0.1) is 0 Å². The summed E-state index contributed by atoms with van der Waals surface area (Å²) >= 11 is 0. The molecule has 0 radical (unpaired) electrons. The van der Waals surface area contributed by atoms with Crippen LogP contribution in [0.1, 0.15) is 28.2 Å². The van der Waals surface area contributed by atoms with E-state index < -0.39 is 5.92 Å². The third-order valence-electron chi connectivity index (χ3n) is 2.04. The maximum absolute atomic E-state index is 13.0. The van der Waals surface area contributed by atoms with E-state index in [4.69, 9.17) is 0 Å². The fraction of sp³-hybridized carbons (Fsp3) is 0.429. The monoisotopic (exact) mass is 172 g/mol. The normalized spacial score (nSPS) is 19.2. The number of aromatic nitrogens is 2. The molecular weight excluding hydrogens is 166 g/mol. The second-order valence-corrected chi connectivity index (χ2v) is 2.78. The van der Waals surface area contributed by atoms with Crippen LogP contribution < -0.4 is 0 Å². The van der Waals surface area contributed by atoms with Gasteiger partial charge in [0.1, 0.15) is 5.69 Å². The Balaban J connectivity index is 2.60. The van der Waals surface area contributed by atoms with Crippen molar-refractivity contribution in [2.24, 2.45) is 0 Å². The zero-order valence-corrected chi connectivity index (χ0v) is 6.10. The summed E-state index contributed by atoms with van der Waals surface area (Å²) < 4.78 is 26.0. The van der Waals surface area contributed by atoms with E-state index in [0.717, 1.165) is 0 Å². The Labute approximate surface area is 66.8 Å². The quantitative estimate of drug-likeness (QED) is 0.648. The minimum Gasteiger partial charge on any atom is -0.296 e. The van der Waals surface area contributed by atoms with E-state index in [1.807, 2.05) is 0 Å². The van der Waals surface area contributed by atoms with Crippen LogP contribution in [0.3, 0.4) is 0 Å². The Hall–Kier alpha value is -1.26. The van der Waals surface area contributed by atoms with Crippen molar-refractivity contribution >= 4 is 6.29 Å². The van der Waals surface area contributed by atoms with Gasteiger partial charge in [-0.05, 0) is 6.42 Å². The predicted octanol–water partition coefficient (Wildman–Crippen LogP) is 1.26. The van der Waals surface area contributed by atoms with Crippen LogP contribution in [0.4, 0.5) is 8.78 Å². The van der Waals surface area contributed by atoms with Crippen molar-refractivity contribution in [3.63, 3.8) is 0 Å². The maximum atomic E-state index is 13.0. The molecular formula is C7H6F2N2O. The van der Waals surface area contributed by atoms with Gasteiger partial charge in [0.2, 0.25) is 0 Å². The number of nitrogens with zero attached hydrogens (tertiary/aromatic N) is 1. The molecule has 64 valence electrons. The van der Waals surface area contributed by atoms with Gasteiger partial charge in [-0.25, -0.2) is 8.78 Å². The highest BCUT2D eigenvalue weighted by Crippen LogP contribution is 2.41. The van der Waals surface area contributed by atoms with Crippen LogP contribution in [0.2, 0.25) is 0 Å². The van der Waals surface area contributed by atoms with Gasteiger partial charge in [-0.2, -0.15) is 5.10 Å². The van der Waals surface area contributed by atoms with Crippen molar-refractivity contribution in [3.05, 3.63) is 17.0 Å². The highest BCUT2D eigenvalue weighted by Gasteiger charge is 2.43. The van der Waals surface area contributed by atoms with E-state index in [-0.39, 0.29) is 24.1 Å². The topological polar surface area (TPSA) is 45.8 Å². The standard InChI is InChI=1S/C7H6F2N2O/c8-7(9)2-1-4-6(7)5(3-12)11-10-4/h3H,1-2H2,(H,10,11). The van der Waals surface area contributed by atoms with E-state index in [9.17, 15) is 13.6 Å². The number of alkyl halides is 2. The van der Waals surface area contributed by atoms with E-state index in [2.05, 4.69) is 10.2 Å². The van der Waals surface area contributed by atoms with Crippen LogP contribution in [0.5, 0.6) is 0 Å². The summed E-state index contributed by atoms with van der Waals surface area (Å²) in [7, 11) is 0. The maximum Gasteiger partial charge on any atom is 0.277 e. The van der Waals surface area contributed by atoms with Crippen LogP contribution in [0.25, 0.3) is 0 Å². The van der Waals surface area contributed by atoms with E-state index in [1.54, 1.807) is 0 Å². The summed E-state index contributed by atoms with van der Waals surface area (Å²) in [5.74, 6) is -2.88. The first-order valence-electron chi connectivity index (χ1n) is 3.56. The SMILES string of the molecule is O=Cc1n[nH]c2c1C(F)(F)CC2. The minimum absolute atomic E-state index is 0.160. The lowest BCUT2D eigenvalue weighted by atomic mass is 10.1. The number of H-pyrrole nitrogens is 1. The van der Waals surface area contributed by atoms with Crippen LogP contribution in [-0.4, -0.2) is 16.5 Å². The zero-order chi connectivity index (χ0) is 8.77. The molecule has 0 atom stereocenters. The van der Waals surface area contributed by atoms with E-state index >= 15 is 0 Å². The highest BCUT2D eigenvalue weighted by molar-refractivity contribution is 5.75. The van der Waals surface area contributed by atoms with E-state index in [1.165, 1.54) is 0 Å². The second kappa shape index (κ2) is 2.12. The third-order valence-corrected chi connectivity index (χ3v) is 2.04. The number of hydrogen-bond donors (Lipinski definition) is 1. The number of aryl methyl sites for hydroxylation is 1. The molecule has 2 rings (SSSR count). The first-order chi connectivity index (χ1) is 5.65. The van der Waals surface area contributed by atoms with Crippen molar-refractivity contribution in [2.45, 2.75) is 18.8 Å². The van der Waals surface area contributed by atoms with Gasteiger partial charge in [0.05, 0.1) is 5.56 Å². The summed E-state index contributed by atoms with van der Waals surface area (Å²) in [6.45, 7) is 0. The van der Waals surface area contributed by atoms with Gasteiger partial charge in [-0.1, -0.05) is 0 Å². The van der Waals surface area contributed by atoms with Crippen molar-refractivity contribution in [1.82, 2.24) is 10.2 Å². The van der Waals surface area contributed by atoms with Gasteiger partial charge < -0.3 is 0 Å². The van der Waals surface area contributed by atoms with Crippen LogP contribution in [-0.2, 0) is 12.3 Å². The zero-order valence-electron chi connectivity index (χ0n) is 6.10. The fourth-order valence-electron chi connectivity index (χ4n) is 1.48. The molecule has 1 N–H and O–H groups in total. The number of halogens is 2. The first-order valence-corrected chi connectivity index (χ1v) is 3.56. The second-order valence-electron chi connectivity index (χ2n) is 2.78. The molecule has 0 bridgehead atoms. The summed E-state index contributed by atoms with van der Waals surface area (Å²) in [4.78, 5) is 10.3. The van der Waals surface area contributed by atoms with E-state index in [0.29, 0.717) is 12.0 Å². The summed E-state index contributed by atoms with van der Waals surface area (Å²) in [6.07, 6.45) is 0.398. The molecule has 3 nitrogen and oxygen atoms in total. The lowest BCUT2D eigenvalue weighted by molar-refractivity contribution is -0.00256. The number of aldehydes is 1. The predicted molar refractivity (Wildman–Crippen MR) is 36.2 cm³/mol. The number of carbonyl (C=O) groups is 1. The van der Waals surface area contributed by atoms with Crippen molar-refractivity contribution in [2.75, 3.05) is 0 Å². The lowest BCUT2D eigenvalue weighted by Gasteiger charge is -2.06. The van der Waals surface area contributed by atoms with Gasteiger partial charge in [0.25, 0.3) is 5.92 Å². The Morgan fingerprint density at radius 1 is 1.58 bits per heavy atom. The Bertz CT molecular complexity index is 332. The van der Waals surface area contributed by atoms with Gasteiger partial charge in [0.15, 0.2) is 6.29 Å². The van der Waals surface area contributed by atoms with Crippen LogP contribution >= 0.6 is 0 Å². The molecule has 5 heteroatoms. The molecule has 1 heterocycles. The number of aromatic amines is 1. The summed E-state index contributed by atoms with van der Waals surface area (Å²) in [5, 5.41) is 5.91. The minimum atomic E-state index is -2.88. The molecule has 1 aromatic heterocycles. The Kier molecular flexibility index (Phi) is 1.31. The average Bonchev–Trinajstić information content (AvgIpc) is 2.53. The molecule has 0 aliphatic heterocycles. The molecule has 12 heavy (non-hydrogen) atoms. The largest absolute Gasteiger partial charge is 0.296 e. The molecule has 0 aromatic carbocycles. The molecule has 0 saturated heterocycles. The number of hydrogen-bond acceptors (Lipinski definition) is 2. The molecule has 0 saturated carbocycles. The number of rotatable bonds is 1. The first kappa shape index (κ1) is 7.39. The van der Waals surface area contributed by atoms with Gasteiger partial charge >= 0.3 is 0 Å². The van der Waals surface area contributed by atoms with Crippen LogP contribution in [0.15, 0.2) is 0 Å². The lowest BCUT2D eigenvalue weighted by Crippen LogP contribution is -2.09. The van der Waals surface area contributed by atoms with Gasteiger partial charge in [-0.15, -0.1) is 0 Å². The Morgan fingerprint density at radius 3 is 3.00 bits per heavy atom. The van der Waals surface area contributed by atoms with Gasteiger partial charge in [0, 0.05) is 12.1 Å². The Morgan fingerprint density at radius 2 is 2.33 bits per heavy atom. The molecule has 0 fully saturated rings. The highest BCUT2D eigenvalue weighted by atomic mass is 19.3. The number of nitrogens with one attached hydrogen (secondary N) is 1. The van der Waals surface area contributed by atoms with Gasteiger partial charge in [-0.3, -0.25) is 9.89 Å². The molecule has 0 spiro atoms. The fourth-order valence-corrected chi connectivity index (χ4v) is 1.48. The number of carbonyl (C=O) groups excluding carboxylic acids is 1.